The van der Waals surface area contributed by atoms with Gasteiger partial charge in [0.05, 0.1) is 0 Å². The van der Waals surface area contributed by atoms with E-state index < -0.39 is 6.10 Å². The lowest BCUT2D eigenvalue weighted by Gasteiger charge is -2.37. The Morgan fingerprint density at radius 3 is 2.41 bits per heavy atom. The Bertz CT molecular complexity index is 706. The van der Waals surface area contributed by atoms with Crippen LogP contribution in [-0.4, -0.2) is 54.6 Å². The third kappa shape index (κ3) is 7.19. The third-order valence-corrected chi connectivity index (χ3v) is 5.45. The molecule has 0 spiro atoms. The highest BCUT2D eigenvalue weighted by atomic mass is 35.5. The standard InChI is InChI=1S/C23H31ClN2O3/c1-2-23(29-22-10-8-18(24)9-11-22)26-14-12-19(13-15-26)25-16-20(27)17-28-21-6-4-3-5-7-21/h3-11,19-20,23,25,27H,2,12-17H2,1H3/t20-,23?/m1/s1. The van der Waals surface area contributed by atoms with Crippen LogP contribution < -0.4 is 14.8 Å². The van der Waals surface area contributed by atoms with Gasteiger partial charge in [0.2, 0.25) is 0 Å². The highest BCUT2D eigenvalue weighted by Crippen LogP contribution is 2.21. The quantitative estimate of drug-likeness (QED) is 0.611. The van der Waals surface area contributed by atoms with Crippen LogP contribution in [0, 0.1) is 0 Å². The maximum absolute atomic E-state index is 10.2. The molecule has 29 heavy (non-hydrogen) atoms. The summed E-state index contributed by atoms with van der Waals surface area (Å²) in [5.74, 6) is 1.63. The van der Waals surface area contributed by atoms with Crippen LogP contribution in [0.15, 0.2) is 54.6 Å². The van der Waals surface area contributed by atoms with E-state index in [4.69, 9.17) is 21.1 Å². The number of ether oxygens (including phenoxy) is 2. The second-order valence-electron chi connectivity index (χ2n) is 7.43. The first-order valence-electron chi connectivity index (χ1n) is 10.4. The Kier molecular flexibility index (Phi) is 8.62. The summed E-state index contributed by atoms with van der Waals surface area (Å²) in [6, 6.07) is 17.5. The van der Waals surface area contributed by atoms with E-state index in [1.54, 1.807) is 0 Å². The number of halogens is 1. The summed E-state index contributed by atoms with van der Waals surface area (Å²) >= 11 is 5.95. The van der Waals surface area contributed by atoms with Crippen LogP contribution in [-0.2, 0) is 0 Å². The molecular formula is C23H31ClN2O3. The van der Waals surface area contributed by atoms with Crippen molar-refractivity contribution in [1.82, 2.24) is 10.2 Å². The topological polar surface area (TPSA) is 54.0 Å². The second-order valence-corrected chi connectivity index (χ2v) is 7.87. The number of aliphatic hydroxyl groups is 1. The Hall–Kier alpha value is -1.79. The molecule has 0 aliphatic carbocycles. The van der Waals surface area contributed by atoms with E-state index in [2.05, 4.69) is 17.1 Å². The van der Waals surface area contributed by atoms with E-state index in [-0.39, 0.29) is 6.23 Å². The lowest BCUT2D eigenvalue weighted by molar-refractivity contribution is 0.00282. The Morgan fingerprint density at radius 1 is 1.07 bits per heavy atom. The highest BCUT2D eigenvalue weighted by molar-refractivity contribution is 6.30. The molecule has 0 radical (unpaired) electrons. The predicted octanol–water partition coefficient (Wildman–Crippen LogP) is 3.95. The van der Waals surface area contributed by atoms with Crippen molar-refractivity contribution in [2.24, 2.45) is 0 Å². The van der Waals surface area contributed by atoms with Crippen LogP contribution >= 0.6 is 11.6 Å². The molecule has 3 rings (SSSR count). The van der Waals surface area contributed by atoms with E-state index in [0.29, 0.717) is 24.2 Å². The molecule has 0 amide bonds. The van der Waals surface area contributed by atoms with Crippen molar-refractivity contribution in [2.45, 2.75) is 44.6 Å². The van der Waals surface area contributed by atoms with Gasteiger partial charge in [-0.2, -0.15) is 0 Å². The maximum Gasteiger partial charge on any atom is 0.152 e. The molecule has 0 saturated carbocycles. The molecule has 0 aromatic heterocycles. The van der Waals surface area contributed by atoms with Crippen LogP contribution in [0.3, 0.4) is 0 Å². The molecule has 1 aliphatic heterocycles. The number of para-hydroxylation sites is 1. The first-order valence-corrected chi connectivity index (χ1v) is 10.8. The second kappa shape index (κ2) is 11.4. The number of nitrogens with zero attached hydrogens (tertiary/aromatic N) is 1. The summed E-state index contributed by atoms with van der Waals surface area (Å²) in [6.07, 6.45) is 2.54. The van der Waals surface area contributed by atoms with Crippen molar-refractivity contribution in [3.05, 3.63) is 59.6 Å². The molecule has 2 aromatic rings. The molecular weight excluding hydrogens is 388 g/mol. The van der Waals surface area contributed by atoms with Crippen molar-refractivity contribution >= 4 is 11.6 Å². The number of aliphatic hydroxyl groups excluding tert-OH is 1. The van der Waals surface area contributed by atoms with E-state index >= 15 is 0 Å². The third-order valence-electron chi connectivity index (χ3n) is 5.20. The van der Waals surface area contributed by atoms with Crippen molar-refractivity contribution in [1.29, 1.82) is 0 Å². The van der Waals surface area contributed by atoms with E-state index in [1.165, 1.54) is 0 Å². The fourth-order valence-corrected chi connectivity index (χ4v) is 3.67. The summed E-state index contributed by atoms with van der Waals surface area (Å²) in [4.78, 5) is 2.39. The maximum atomic E-state index is 10.2. The zero-order valence-electron chi connectivity index (χ0n) is 17.0. The van der Waals surface area contributed by atoms with Crippen molar-refractivity contribution < 1.29 is 14.6 Å². The van der Waals surface area contributed by atoms with Gasteiger partial charge in [0.15, 0.2) is 6.23 Å². The van der Waals surface area contributed by atoms with Crippen LogP contribution in [0.5, 0.6) is 11.5 Å². The van der Waals surface area contributed by atoms with E-state index in [1.807, 2.05) is 54.6 Å². The van der Waals surface area contributed by atoms with Gasteiger partial charge in [-0.3, -0.25) is 4.90 Å². The molecule has 5 nitrogen and oxygen atoms in total. The molecule has 1 unspecified atom stereocenters. The average molecular weight is 419 g/mol. The van der Waals surface area contributed by atoms with Crippen molar-refractivity contribution in [3.8, 4) is 11.5 Å². The summed E-state index contributed by atoms with van der Waals surface area (Å²) in [5, 5.41) is 14.4. The normalized spacial score (nSPS) is 17.6. The lowest BCUT2D eigenvalue weighted by atomic mass is 10.0. The first-order chi connectivity index (χ1) is 14.1. The van der Waals surface area contributed by atoms with Gasteiger partial charge < -0.3 is 19.9 Å². The fraction of sp³-hybridized carbons (Fsp3) is 0.478. The van der Waals surface area contributed by atoms with Gasteiger partial charge in [-0.05, 0) is 55.7 Å². The molecule has 1 aliphatic rings. The number of benzene rings is 2. The molecule has 2 N–H and O–H groups in total. The smallest absolute Gasteiger partial charge is 0.152 e. The van der Waals surface area contributed by atoms with Crippen LogP contribution in [0.1, 0.15) is 26.2 Å². The van der Waals surface area contributed by atoms with Gasteiger partial charge >= 0.3 is 0 Å². The highest BCUT2D eigenvalue weighted by Gasteiger charge is 2.25. The van der Waals surface area contributed by atoms with Crippen LogP contribution in [0.25, 0.3) is 0 Å². The van der Waals surface area contributed by atoms with Crippen LogP contribution in [0.2, 0.25) is 5.02 Å². The molecule has 0 bridgehead atoms. The minimum absolute atomic E-state index is 0.0713. The number of hydrogen-bond donors (Lipinski definition) is 2. The number of hydrogen-bond acceptors (Lipinski definition) is 5. The van der Waals surface area contributed by atoms with Gasteiger partial charge in [-0.25, -0.2) is 0 Å². The van der Waals surface area contributed by atoms with Gasteiger partial charge in [-0.15, -0.1) is 0 Å². The van der Waals surface area contributed by atoms with Crippen molar-refractivity contribution in [2.75, 3.05) is 26.2 Å². The van der Waals surface area contributed by atoms with Gasteiger partial charge in [-0.1, -0.05) is 36.7 Å². The number of piperidine rings is 1. The molecule has 1 heterocycles. The summed E-state index contributed by atoms with van der Waals surface area (Å²) < 4.78 is 11.8. The molecule has 158 valence electrons. The Balaban J connectivity index is 1.36. The molecule has 6 heteroatoms. The first kappa shape index (κ1) is 21.9. The SMILES string of the molecule is CCC(Oc1ccc(Cl)cc1)N1CCC(NC[C@@H](O)COc2ccccc2)CC1. The Morgan fingerprint density at radius 2 is 1.76 bits per heavy atom. The zero-order valence-corrected chi connectivity index (χ0v) is 17.7. The summed E-state index contributed by atoms with van der Waals surface area (Å²) in [5.41, 5.74) is 0. The Labute approximate surface area is 178 Å². The van der Waals surface area contributed by atoms with Gasteiger partial charge in [0, 0.05) is 30.7 Å². The zero-order chi connectivity index (χ0) is 20.5. The summed E-state index contributed by atoms with van der Waals surface area (Å²) in [6.45, 7) is 4.92. The number of rotatable bonds is 10. The van der Waals surface area contributed by atoms with Gasteiger partial charge in [0.25, 0.3) is 0 Å². The number of nitrogens with one attached hydrogen (secondary N) is 1. The molecule has 1 saturated heterocycles. The monoisotopic (exact) mass is 418 g/mol. The van der Waals surface area contributed by atoms with Crippen molar-refractivity contribution in [3.63, 3.8) is 0 Å². The van der Waals surface area contributed by atoms with Crippen LogP contribution in [0.4, 0.5) is 0 Å². The minimum Gasteiger partial charge on any atom is -0.491 e. The fourth-order valence-electron chi connectivity index (χ4n) is 3.55. The molecule has 1 fully saturated rings. The molecule has 2 aromatic carbocycles. The molecule has 2 atom stereocenters. The summed E-state index contributed by atoms with van der Waals surface area (Å²) in [7, 11) is 0. The minimum atomic E-state index is -0.523. The van der Waals surface area contributed by atoms with Gasteiger partial charge in [0.1, 0.15) is 24.2 Å². The largest absolute Gasteiger partial charge is 0.491 e. The number of likely N-dealkylation sites (tertiary alicyclic amines) is 1. The predicted molar refractivity (Wildman–Crippen MR) is 117 cm³/mol. The van der Waals surface area contributed by atoms with E-state index in [0.717, 1.165) is 43.9 Å². The lowest BCUT2D eigenvalue weighted by Crippen LogP contribution is -2.49. The van der Waals surface area contributed by atoms with E-state index in [9.17, 15) is 5.11 Å². The average Bonchev–Trinajstić information content (AvgIpc) is 2.77.